The highest BCUT2D eigenvalue weighted by Crippen LogP contribution is 2.24. The normalized spacial score (nSPS) is 15.6. The smallest absolute Gasteiger partial charge is 0.193 e. The van der Waals surface area contributed by atoms with Crippen LogP contribution in [-0.4, -0.2) is 66.8 Å². The first-order valence-electron chi connectivity index (χ1n) is 9.52. The minimum absolute atomic E-state index is 0. The zero-order chi connectivity index (χ0) is 18.5. The molecular weight excluding hydrogens is 469 g/mol. The zero-order valence-electron chi connectivity index (χ0n) is 16.0. The van der Waals surface area contributed by atoms with E-state index in [0.717, 1.165) is 62.2 Å². The van der Waals surface area contributed by atoms with Crippen LogP contribution in [-0.2, 0) is 6.42 Å². The van der Waals surface area contributed by atoms with Gasteiger partial charge in [0.15, 0.2) is 11.6 Å². The Morgan fingerprint density at radius 2 is 2.14 bits per heavy atom. The third-order valence-electron chi connectivity index (χ3n) is 4.93. The van der Waals surface area contributed by atoms with Crippen molar-refractivity contribution in [2.45, 2.75) is 32.1 Å². The van der Waals surface area contributed by atoms with Gasteiger partial charge in [0.05, 0.1) is 0 Å². The molecule has 1 saturated heterocycles. The number of hydrogen-bond acceptors (Lipinski definition) is 5. The second-order valence-electron chi connectivity index (χ2n) is 6.66. The molecule has 0 spiro atoms. The minimum atomic E-state index is 0. The van der Waals surface area contributed by atoms with Gasteiger partial charge in [-0.25, -0.2) is 4.98 Å². The van der Waals surface area contributed by atoms with E-state index in [1.807, 2.05) is 28.8 Å². The molecule has 3 aromatic rings. The molecule has 3 aromatic heterocycles. The number of hydrogen-bond donors (Lipinski definition) is 2. The summed E-state index contributed by atoms with van der Waals surface area (Å²) in [6.45, 7) is 5.56. The Hall–Kier alpha value is -2.24. The number of aliphatic imine (C=N–C) groups is 1. The highest BCUT2D eigenvalue weighted by molar-refractivity contribution is 14.0. The van der Waals surface area contributed by atoms with Gasteiger partial charge in [0.1, 0.15) is 18.0 Å². The highest BCUT2D eigenvalue weighted by atomic mass is 127. The molecule has 28 heavy (non-hydrogen) atoms. The van der Waals surface area contributed by atoms with Crippen LogP contribution in [0, 0.1) is 0 Å². The van der Waals surface area contributed by atoms with E-state index in [1.54, 1.807) is 6.33 Å². The van der Waals surface area contributed by atoms with Gasteiger partial charge in [-0.1, -0.05) is 6.07 Å². The molecular formula is C18H26IN9. The van der Waals surface area contributed by atoms with Crippen molar-refractivity contribution in [3.05, 3.63) is 42.4 Å². The van der Waals surface area contributed by atoms with E-state index < -0.39 is 0 Å². The maximum absolute atomic E-state index is 4.82. The lowest BCUT2D eigenvalue weighted by atomic mass is 9.96. The summed E-state index contributed by atoms with van der Waals surface area (Å²) in [4.78, 5) is 11.5. The molecule has 1 aliphatic heterocycles. The molecule has 4 rings (SSSR count). The summed E-state index contributed by atoms with van der Waals surface area (Å²) in [7, 11) is 0. The Balaban J connectivity index is 0.00000225. The van der Waals surface area contributed by atoms with Gasteiger partial charge in [-0.2, -0.15) is 5.10 Å². The summed E-state index contributed by atoms with van der Waals surface area (Å²) >= 11 is 0. The van der Waals surface area contributed by atoms with Gasteiger partial charge in [0.2, 0.25) is 0 Å². The summed E-state index contributed by atoms with van der Waals surface area (Å²) in [5.41, 5.74) is 0.873. The topological polar surface area (TPSA) is 99.4 Å². The average Bonchev–Trinajstić information content (AvgIpc) is 3.38. The molecule has 0 radical (unpaired) electrons. The number of H-pyrrole nitrogens is 1. The number of nitrogens with zero attached hydrogens (tertiary/aromatic N) is 7. The fraction of sp³-hybridized carbons (Fsp3) is 0.500. The van der Waals surface area contributed by atoms with Crippen LogP contribution in [0.3, 0.4) is 0 Å². The second-order valence-corrected chi connectivity index (χ2v) is 6.66. The predicted octanol–water partition coefficient (Wildman–Crippen LogP) is 1.85. The standard InChI is InChI=1S/C18H25N9.HI/c1-2-19-18(26-11-7-14(8-12-26)17-21-13-22-25-17)20-9-6-16-24-23-15-5-3-4-10-27(15)16;/h3-5,10,13-14H,2,6-9,11-12H2,1H3,(H,19,20)(H,21,22,25);1H. The largest absolute Gasteiger partial charge is 0.357 e. The van der Waals surface area contributed by atoms with Crippen LogP contribution in [0.5, 0.6) is 0 Å². The van der Waals surface area contributed by atoms with Gasteiger partial charge >= 0.3 is 0 Å². The van der Waals surface area contributed by atoms with E-state index in [2.05, 4.69) is 42.5 Å². The Morgan fingerprint density at radius 3 is 2.89 bits per heavy atom. The molecule has 0 aliphatic carbocycles. The molecule has 150 valence electrons. The quantitative estimate of drug-likeness (QED) is 0.319. The lowest BCUT2D eigenvalue weighted by Crippen LogP contribution is -2.45. The fourth-order valence-corrected chi connectivity index (χ4v) is 3.53. The number of pyridine rings is 1. The van der Waals surface area contributed by atoms with Gasteiger partial charge in [-0.05, 0) is 31.9 Å². The fourth-order valence-electron chi connectivity index (χ4n) is 3.53. The number of aromatic amines is 1. The van der Waals surface area contributed by atoms with Gasteiger partial charge in [0, 0.05) is 44.7 Å². The van der Waals surface area contributed by atoms with Gasteiger partial charge in [-0.3, -0.25) is 14.5 Å². The summed E-state index contributed by atoms with van der Waals surface area (Å²) in [6, 6.07) is 5.92. The summed E-state index contributed by atoms with van der Waals surface area (Å²) < 4.78 is 2.02. The molecule has 0 atom stereocenters. The van der Waals surface area contributed by atoms with Crippen LogP contribution < -0.4 is 5.32 Å². The first kappa shape index (κ1) is 20.5. The van der Waals surface area contributed by atoms with E-state index in [0.29, 0.717) is 12.5 Å². The summed E-state index contributed by atoms with van der Waals surface area (Å²) in [5, 5.41) is 18.9. The van der Waals surface area contributed by atoms with Crippen LogP contribution in [0.2, 0.25) is 0 Å². The van der Waals surface area contributed by atoms with Crippen molar-refractivity contribution in [2.75, 3.05) is 26.2 Å². The van der Waals surface area contributed by atoms with E-state index in [1.165, 1.54) is 0 Å². The molecule has 0 aromatic carbocycles. The third kappa shape index (κ3) is 4.59. The van der Waals surface area contributed by atoms with Crippen molar-refractivity contribution >= 4 is 35.6 Å². The van der Waals surface area contributed by atoms with Gasteiger partial charge in [0.25, 0.3) is 0 Å². The van der Waals surface area contributed by atoms with Crippen molar-refractivity contribution in [3.63, 3.8) is 0 Å². The average molecular weight is 495 g/mol. The van der Waals surface area contributed by atoms with Crippen molar-refractivity contribution in [1.29, 1.82) is 0 Å². The zero-order valence-corrected chi connectivity index (χ0v) is 18.3. The van der Waals surface area contributed by atoms with Gasteiger partial charge in [-0.15, -0.1) is 34.2 Å². The van der Waals surface area contributed by atoms with Crippen molar-refractivity contribution in [1.82, 2.24) is 40.0 Å². The first-order valence-corrected chi connectivity index (χ1v) is 9.52. The third-order valence-corrected chi connectivity index (χ3v) is 4.93. The summed E-state index contributed by atoms with van der Waals surface area (Å²) in [5.74, 6) is 3.36. The van der Waals surface area contributed by atoms with Crippen LogP contribution in [0.1, 0.15) is 37.3 Å². The number of fused-ring (bicyclic) bond motifs is 1. The lowest BCUT2D eigenvalue weighted by Gasteiger charge is -2.33. The Labute approximate surface area is 181 Å². The van der Waals surface area contributed by atoms with Crippen molar-refractivity contribution in [2.24, 2.45) is 4.99 Å². The van der Waals surface area contributed by atoms with E-state index >= 15 is 0 Å². The molecule has 0 bridgehead atoms. The monoisotopic (exact) mass is 495 g/mol. The van der Waals surface area contributed by atoms with Crippen LogP contribution in [0.4, 0.5) is 0 Å². The molecule has 1 aliphatic rings. The number of rotatable bonds is 5. The number of piperidine rings is 1. The maximum atomic E-state index is 4.82. The van der Waals surface area contributed by atoms with Crippen LogP contribution >= 0.6 is 24.0 Å². The highest BCUT2D eigenvalue weighted by Gasteiger charge is 2.24. The number of likely N-dealkylation sites (tertiary alicyclic amines) is 1. The first-order chi connectivity index (χ1) is 13.3. The minimum Gasteiger partial charge on any atom is -0.357 e. The van der Waals surface area contributed by atoms with Crippen LogP contribution in [0.25, 0.3) is 5.65 Å². The number of halogens is 1. The summed E-state index contributed by atoms with van der Waals surface area (Å²) in [6.07, 6.45) is 6.44. The Bertz CT molecular complexity index is 881. The SMILES string of the molecule is CCNC(=NCCc1nnc2ccccn12)N1CCC(c2ncn[nH]2)CC1.I. The maximum Gasteiger partial charge on any atom is 0.193 e. The Kier molecular flexibility index (Phi) is 7.18. The molecule has 1 fully saturated rings. The van der Waals surface area contributed by atoms with E-state index in [-0.39, 0.29) is 24.0 Å². The molecule has 4 heterocycles. The van der Waals surface area contributed by atoms with Crippen molar-refractivity contribution < 1.29 is 0 Å². The van der Waals surface area contributed by atoms with Crippen LogP contribution in [0.15, 0.2) is 35.7 Å². The van der Waals surface area contributed by atoms with E-state index in [9.17, 15) is 0 Å². The molecule has 0 unspecified atom stereocenters. The molecule has 10 heteroatoms. The van der Waals surface area contributed by atoms with E-state index in [4.69, 9.17) is 4.99 Å². The molecule has 2 N–H and O–H groups in total. The van der Waals surface area contributed by atoms with Gasteiger partial charge < -0.3 is 10.2 Å². The van der Waals surface area contributed by atoms with Crippen molar-refractivity contribution in [3.8, 4) is 0 Å². The number of aromatic nitrogens is 6. The number of guanidine groups is 1. The predicted molar refractivity (Wildman–Crippen MR) is 118 cm³/mol. The second kappa shape index (κ2) is 9.80. The Morgan fingerprint density at radius 1 is 1.29 bits per heavy atom. The molecule has 9 nitrogen and oxygen atoms in total. The lowest BCUT2D eigenvalue weighted by molar-refractivity contribution is 0.299. The molecule has 0 amide bonds. The number of nitrogens with one attached hydrogen (secondary N) is 2. The molecule has 0 saturated carbocycles.